The van der Waals surface area contributed by atoms with Gasteiger partial charge in [0, 0.05) is 0 Å². The molecule has 0 aliphatic heterocycles. The summed E-state index contributed by atoms with van der Waals surface area (Å²) in [6.07, 6.45) is 0. The Kier molecular flexibility index (Phi) is 2.49. The molecule has 1 rings (SSSR count). The number of carbonyl (C=O) groups is 1. The Balaban J connectivity index is 3.38. The summed E-state index contributed by atoms with van der Waals surface area (Å²) in [4.78, 5) is 18.1. The number of hydrogen-bond donors (Lipinski definition) is 1. The summed E-state index contributed by atoms with van der Waals surface area (Å²) in [7, 11) is 0. The lowest BCUT2D eigenvalue weighted by Crippen LogP contribution is -2.05. The maximum atomic E-state index is 10.9. The second kappa shape index (κ2) is 3.25. The highest BCUT2D eigenvalue weighted by molar-refractivity contribution is 6.34. The number of ketones is 1. The van der Waals surface area contributed by atoms with Gasteiger partial charge in [-0.05, 0) is 18.5 Å². The van der Waals surface area contributed by atoms with Crippen molar-refractivity contribution in [3.05, 3.63) is 16.0 Å². The molecule has 0 aromatic carbocycles. The number of aromatic nitrogens is 2. The van der Waals surface area contributed by atoms with Gasteiger partial charge in [-0.2, -0.15) is 0 Å². The van der Waals surface area contributed by atoms with Gasteiger partial charge in [0.1, 0.15) is 11.0 Å². The number of carbonyl (C=O) groups excluding carboxylic acids is 1. The molecule has 0 atom stereocenters. The van der Waals surface area contributed by atoms with Crippen molar-refractivity contribution in [3.63, 3.8) is 0 Å². The molecular weight excluding hydrogens is 201 g/mol. The smallest absolute Gasteiger partial charge is 0.225 e. The van der Waals surface area contributed by atoms with Crippen LogP contribution in [0.4, 0.5) is 5.82 Å². The number of nitrogens with two attached hydrogens (primary N) is 1. The fourth-order valence-electron chi connectivity index (χ4n) is 0.748. The molecule has 2 N–H and O–H groups in total. The van der Waals surface area contributed by atoms with Crippen LogP contribution in [-0.2, 0) is 0 Å². The lowest BCUT2D eigenvalue weighted by molar-refractivity contribution is 0.101. The number of Topliss-reactive ketones (excluding diaryl/α,β-unsaturated/α-hetero) is 1. The van der Waals surface area contributed by atoms with E-state index >= 15 is 0 Å². The van der Waals surface area contributed by atoms with Crippen molar-refractivity contribution in [3.8, 4) is 0 Å². The van der Waals surface area contributed by atoms with Crippen molar-refractivity contribution in [1.82, 2.24) is 9.97 Å². The fraction of sp³-hybridized carbons (Fsp3) is 0.167. The molecule has 6 heteroatoms. The zero-order valence-corrected chi connectivity index (χ0v) is 7.65. The van der Waals surface area contributed by atoms with E-state index in [4.69, 9.17) is 28.9 Å². The highest BCUT2D eigenvalue weighted by Crippen LogP contribution is 2.20. The van der Waals surface area contributed by atoms with Crippen LogP contribution in [0.5, 0.6) is 0 Å². The lowest BCUT2D eigenvalue weighted by atomic mass is 10.2. The van der Waals surface area contributed by atoms with E-state index in [1.54, 1.807) is 0 Å². The minimum Gasteiger partial charge on any atom is -0.383 e. The summed E-state index contributed by atoms with van der Waals surface area (Å²) in [6, 6.07) is 0. The maximum Gasteiger partial charge on any atom is 0.225 e. The quantitative estimate of drug-likeness (QED) is 0.430. The molecule has 4 nitrogen and oxygen atoms in total. The molecule has 0 fully saturated rings. The highest BCUT2D eigenvalue weighted by Gasteiger charge is 2.13. The number of halogens is 2. The van der Waals surface area contributed by atoms with Crippen LogP contribution in [0.15, 0.2) is 0 Å². The van der Waals surface area contributed by atoms with Crippen LogP contribution in [0.1, 0.15) is 17.3 Å². The Bertz CT molecular complexity index is 317. The summed E-state index contributed by atoms with van der Waals surface area (Å²) in [5.41, 5.74) is 5.49. The molecule has 0 radical (unpaired) electrons. The topological polar surface area (TPSA) is 68.9 Å². The summed E-state index contributed by atoms with van der Waals surface area (Å²) >= 11 is 11.0. The van der Waals surface area contributed by atoms with Gasteiger partial charge < -0.3 is 5.73 Å². The predicted octanol–water partition coefficient (Wildman–Crippen LogP) is 1.57. The van der Waals surface area contributed by atoms with Crippen molar-refractivity contribution < 1.29 is 4.79 Å². The second-order valence-electron chi connectivity index (χ2n) is 2.10. The molecule has 0 unspecified atom stereocenters. The number of anilines is 1. The fourth-order valence-corrected chi connectivity index (χ4v) is 1.28. The van der Waals surface area contributed by atoms with Crippen LogP contribution in [-0.4, -0.2) is 15.8 Å². The summed E-state index contributed by atoms with van der Waals surface area (Å²) in [5.74, 6) is -0.276. The van der Waals surface area contributed by atoms with Crippen LogP contribution >= 0.6 is 23.2 Å². The van der Waals surface area contributed by atoms with Crippen molar-refractivity contribution in [2.45, 2.75) is 6.92 Å². The van der Waals surface area contributed by atoms with Gasteiger partial charge in [-0.3, -0.25) is 4.79 Å². The molecule has 0 aliphatic carbocycles. The third kappa shape index (κ3) is 1.65. The van der Waals surface area contributed by atoms with E-state index in [0.29, 0.717) is 0 Å². The number of hydrogen-bond acceptors (Lipinski definition) is 4. The molecule has 0 amide bonds. The third-order valence-electron chi connectivity index (χ3n) is 1.22. The largest absolute Gasteiger partial charge is 0.383 e. The Labute approximate surface area is 78.7 Å². The van der Waals surface area contributed by atoms with Gasteiger partial charge >= 0.3 is 0 Å². The van der Waals surface area contributed by atoms with Crippen molar-refractivity contribution >= 4 is 34.8 Å². The van der Waals surface area contributed by atoms with E-state index in [1.807, 2.05) is 0 Å². The molecule has 0 spiro atoms. The first-order chi connectivity index (χ1) is 5.52. The van der Waals surface area contributed by atoms with Gasteiger partial charge in [0.2, 0.25) is 5.28 Å². The predicted molar refractivity (Wildman–Crippen MR) is 46.5 cm³/mol. The average Bonchev–Trinajstić information content (AvgIpc) is 1.82. The standard InChI is InChI=1S/C6H5Cl2N3O/c1-2(12)3-4(7)10-6(8)11-5(3)9/h1H3,(H2,9,10,11). The molecule has 1 aromatic heterocycles. The molecule has 12 heavy (non-hydrogen) atoms. The number of nitrogens with zero attached hydrogens (tertiary/aromatic N) is 2. The Hall–Kier alpha value is -0.870. The van der Waals surface area contributed by atoms with Crippen LogP contribution in [0.2, 0.25) is 10.4 Å². The Morgan fingerprint density at radius 1 is 1.42 bits per heavy atom. The third-order valence-corrected chi connectivity index (χ3v) is 1.66. The van der Waals surface area contributed by atoms with Gasteiger partial charge in [0.15, 0.2) is 5.78 Å². The van der Waals surface area contributed by atoms with Crippen LogP contribution < -0.4 is 5.73 Å². The molecule has 0 bridgehead atoms. The van der Waals surface area contributed by atoms with Gasteiger partial charge in [-0.15, -0.1) is 0 Å². The summed E-state index contributed by atoms with van der Waals surface area (Å²) in [6.45, 7) is 1.33. The summed E-state index contributed by atoms with van der Waals surface area (Å²) in [5, 5.41) is -0.0810. The molecular formula is C6H5Cl2N3O. The van der Waals surface area contributed by atoms with E-state index < -0.39 is 0 Å². The zero-order valence-electron chi connectivity index (χ0n) is 6.14. The molecule has 1 aromatic rings. The van der Waals surface area contributed by atoms with Gasteiger partial charge in [0.05, 0.1) is 5.56 Å². The van der Waals surface area contributed by atoms with Crippen molar-refractivity contribution in [2.75, 3.05) is 5.73 Å². The van der Waals surface area contributed by atoms with Crippen molar-refractivity contribution in [2.24, 2.45) is 0 Å². The number of rotatable bonds is 1. The Morgan fingerprint density at radius 2 is 2.00 bits per heavy atom. The van der Waals surface area contributed by atoms with E-state index in [1.165, 1.54) is 6.92 Å². The maximum absolute atomic E-state index is 10.9. The van der Waals surface area contributed by atoms with Crippen LogP contribution in [0.3, 0.4) is 0 Å². The zero-order chi connectivity index (χ0) is 9.30. The summed E-state index contributed by atoms with van der Waals surface area (Å²) < 4.78 is 0. The Morgan fingerprint density at radius 3 is 2.42 bits per heavy atom. The van der Waals surface area contributed by atoms with E-state index in [-0.39, 0.29) is 27.6 Å². The average molecular weight is 206 g/mol. The van der Waals surface area contributed by atoms with Gasteiger partial charge in [0.25, 0.3) is 0 Å². The second-order valence-corrected chi connectivity index (χ2v) is 2.80. The van der Waals surface area contributed by atoms with Crippen molar-refractivity contribution in [1.29, 1.82) is 0 Å². The highest BCUT2D eigenvalue weighted by atomic mass is 35.5. The number of nitrogen functional groups attached to an aromatic ring is 1. The lowest BCUT2D eigenvalue weighted by Gasteiger charge is -2.01. The molecule has 0 saturated carbocycles. The van der Waals surface area contributed by atoms with Gasteiger partial charge in [-0.1, -0.05) is 11.6 Å². The van der Waals surface area contributed by atoms with Crippen LogP contribution in [0.25, 0.3) is 0 Å². The van der Waals surface area contributed by atoms with E-state index in [2.05, 4.69) is 9.97 Å². The molecule has 64 valence electrons. The van der Waals surface area contributed by atoms with Gasteiger partial charge in [-0.25, -0.2) is 9.97 Å². The normalized spacial score (nSPS) is 9.92. The monoisotopic (exact) mass is 205 g/mol. The minimum atomic E-state index is -0.283. The molecule has 0 saturated heterocycles. The molecule has 1 heterocycles. The van der Waals surface area contributed by atoms with E-state index in [0.717, 1.165) is 0 Å². The SMILES string of the molecule is CC(=O)c1c(N)nc(Cl)nc1Cl. The van der Waals surface area contributed by atoms with Crippen LogP contribution in [0, 0.1) is 0 Å². The van der Waals surface area contributed by atoms with E-state index in [9.17, 15) is 4.79 Å². The minimum absolute atomic E-state index is 0.00694. The first kappa shape index (κ1) is 9.22. The first-order valence-corrected chi connectivity index (χ1v) is 3.77. The first-order valence-electron chi connectivity index (χ1n) is 3.02. The molecule has 0 aliphatic rings.